The molecule has 3 aromatic carbocycles. The van der Waals surface area contributed by atoms with Gasteiger partial charge >= 0.3 is 5.69 Å². The summed E-state index contributed by atoms with van der Waals surface area (Å²) in [6.45, 7) is 0.576. The normalized spacial score (nSPS) is 10.9. The number of fused-ring (bicyclic) bond motifs is 1. The van der Waals surface area contributed by atoms with Crippen LogP contribution in [0.15, 0.2) is 71.5 Å². The molecule has 1 N–H and O–H groups in total. The van der Waals surface area contributed by atoms with Crippen molar-refractivity contribution in [2.45, 2.75) is 6.54 Å². The standard InChI is InChI=1S/C23H22N4O3/c1-26-21(17-9-11-20(30-2)12-10-17)25-27(23(26)29)14-13-24-22(28)19-8-7-16-5-3-4-6-18(16)15-19/h3-12,15H,13-14H2,1-2H3,(H,24,28). The van der Waals surface area contributed by atoms with E-state index in [4.69, 9.17) is 4.74 Å². The van der Waals surface area contributed by atoms with Crippen molar-refractivity contribution in [3.05, 3.63) is 82.8 Å². The molecule has 0 spiro atoms. The van der Waals surface area contributed by atoms with Crippen LogP contribution >= 0.6 is 0 Å². The van der Waals surface area contributed by atoms with Crippen molar-refractivity contribution in [1.82, 2.24) is 19.7 Å². The van der Waals surface area contributed by atoms with Crippen molar-refractivity contribution in [2.75, 3.05) is 13.7 Å². The van der Waals surface area contributed by atoms with E-state index in [1.54, 1.807) is 20.2 Å². The van der Waals surface area contributed by atoms with Gasteiger partial charge in [0.1, 0.15) is 5.75 Å². The summed E-state index contributed by atoms with van der Waals surface area (Å²) in [6, 6.07) is 20.8. The van der Waals surface area contributed by atoms with Crippen LogP contribution in [0.5, 0.6) is 5.75 Å². The Morgan fingerprint density at radius 1 is 1.03 bits per heavy atom. The number of ether oxygens (including phenoxy) is 1. The third-order valence-corrected chi connectivity index (χ3v) is 5.01. The van der Waals surface area contributed by atoms with E-state index in [0.29, 0.717) is 17.9 Å². The van der Waals surface area contributed by atoms with Crippen LogP contribution in [0.4, 0.5) is 0 Å². The predicted octanol–water partition coefficient (Wildman–Crippen LogP) is 2.84. The van der Waals surface area contributed by atoms with Gasteiger partial charge in [0.2, 0.25) is 0 Å². The van der Waals surface area contributed by atoms with Crippen molar-refractivity contribution in [3.8, 4) is 17.1 Å². The van der Waals surface area contributed by atoms with Crippen molar-refractivity contribution >= 4 is 16.7 Å². The highest BCUT2D eigenvalue weighted by atomic mass is 16.5. The summed E-state index contributed by atoms with van der Waals surface area (Å²) in [5, 5.41) is 9.37. The van der Waals surface area contributed by atoms with Crippen molar-refractivity contribution in [3.63, 3.8) is 0 Å². The molecule has 1 aromatic heterocycles. The molecule has 1 heterocycles. The number of carbonyl (C=O) groups is 1. The molecule has 0 saturated heterocycles. The molecule has 0 fully saturated rings. The number of rotatable bonds is 6. The fourth-order valence-corrected chi connectivity index (χ4v) is 3.33. The fourth-order valence-electron chi connectivity index (χ4n) is 3.33. The zero-order valence-corrected chi connectivity index (χ0v) is 16.8. The van der Waals surface area contributed by atoms with Crippen LogP contribution < -0.4 is 15.7 Å². The number of hydrogen-bond acceptors (Lipinski definition) is 4. The average molecular weight is 402 g/mol. The number of nitrogens with zero attached hydrogens (tertiary/aromatic N) is 3. The molecule has 0 unspecified atom stereocenters. The Bertz CT molecular complexity index is 1260. The number of nitrogens with one attached hydrogen (secondary N) is 1. The SMILES string of the molecule is COc1ccc(-c2nn(CCNC(=O)c3ccc4ccccc4c3)c(=O)n2C)cc1. The zero-order chi connectivity index (χ0) is 21.1. The summed E-state index contributed by atoms with van der Waals surface area (Å²) >= 11 is 0. The highest BCUT2D eigenvalue weighted by Gasteiger charge is 2.13. The number of aromatic nitrogens is 3. The van der Waals surface area contributed by atoms with Crippen LogP contribution in [-0.4, -0.2) is 33.9 Å². The van der Waals surface area contributed by atoms with E-state index in [0.717, 1.165) is 22.1 Å². The summed E-state index contributed by atoms with van der Waals surface area (Å²) in [5.41, 5.74) is 1.16. The van der Waals surface area contributed by atoms with Gasteiger partial charge in [-0.1, -0.05) is 30.3 Å². The smallest absolute Gasteiger partial charge is 0.345 e. The first-order chi connectivity index (χ1) is 14.6. The Labute approximate surface area is 173 Å². The minimum atomic E-state index is -0.235. The third kappa shape index (κ3) is 3.82. The van der Waals surface area contributed by atoms with Crippen molar-refractivity contribution in [2.24, 2.45) is 7.05 Å². The van der Waals surface area contributed by atoms with E-state index in [1.807, 2.05) is 60.7 Å². The van der Waals surface area contributed by atoms with Crippen LogP contribution in [0.25, 0.3) is 22.2 Å². The lowest BCUT2D eigenvalue weighted by molar-refractivity contribution is 0.0952. The molecule has 0 aliphatic carbocycles. The average Bonchev–Trinajstić information content (AvgIpc) is 3.07. The Balaban J connectivity index is 1.44. The van der Waals surface area contributed by atoms with Crippen molar-refractivity contribution < 1.29 is 9.53 Å². The monoisotopic (exact) mass is 402 g/mol. The van der Waals surface area contributed by atoms with E-state index < -0.39 is 0 Å². The van der Waals surface area contributed by atoms with Gasteiger partial charge in [0, 0.05) is 24.7 Å². The third-order valence-electron chi connectivity index (χ3n) is 5.01. The molecule has 0 saturated carbocycles. The van der Waals surface area contributed by atoms with Gasteiger partial charge < -0.3 is 10.1 Å². The van der Waals surface area contributed by atoms with E-state index in [-0.39, 0.29) is 18.1 Å². The number of amides is 1. The molecule has 0 aliphatic heterocycles. The number of carbonyl (C=O) groups excluding carboxylic acids is 1. The largest absolute Gasteiger partial charge is 0.497 e. The maximum absolute atomic E-state index is 12.5. The summed E-state index contributed by atoms with van der Waals surface area (Å²) in [5.74, 6) is 1.11. The van der Waals surface area contributed by atoms with Crippen LogP contribution in [-0.2, 0) is 13.6 Å². The number of hydrogen-bond donors (Lipinski definition) is 1. The Kier molecular flexibility index (Phi) is 5.34. The van der Waals surface area contributed by atoms with Crippen LogP contribution in [0, 0.1) is 0 Å². The van der Waals surface area contributed by atoms with Gasteiger partial charge in [0.15, 0.2) is 5.82 Å². The van der Waals surface area contributed by atoms with Gasteiger partial charge in [-0.2, -0.15) is 0 Å². The van der Waals surface area contributed by atoms with Gasteiger partial charge in [-0.25, -0.2) is 9.48 Å². The van der Waals surface area contributed by atoms with Crippen LogP contribution in [0.3, 0.4) is 0 Å². The lowest BCUT2D eigenvalue weighted by Gasteiger charge is -2.06. The molecule has 0 aliphatic rings. The maximum atomic E-state index is 12.5. The second-order valence-electron chi connectivity index (χ2n) is 6.93. The van der Waals surface area contributed by atoms with Gasteiger partial charge in [-0.3, -0.25) is 9.36 Å². The molecule has 7 nitrogen and oxygen atoms in total. The molecule has 0 radical (unpaired) electrons. The minimum Gasteiger partial charge on any atom is -0.497 e. The highest BCUT2D eigenvalue weighted by molar-refractivity contribution is 5.98. The summed E-state index contributed by atoms with van der Waals surface area (Å²) in [4.78, 5) is 25.0. The molecule has 4 aromatic rings. The molecule has 7 heteroatoms. The van der Waals surface area contributed by atoms with Crippen molar-refractivity contribution in [1.29, 1.82) is 0 Å². The molecule has 30 heavy (non-hydrogen) atoms. The molecule has 0 bridgehead atoms. The number of benzene rings is 3. The van der Waals surface area contributed by atoms with E-state index in [2.05, 4.69) is 10.4 Å². The van der Waals surface area contributed by atoms with Crippen LogP contribution in [0.1, 0.15) is 10.4 Å². The maximum Gasteiger partial charge on any atom is 0.345 e. The summed E-state index contributed by atoms with van der Waals surface area (Å²) < 4.78 is 8.02. The topological polar surface area (TPSA) is 78.2 Å². The molecule has 152 valence electrons. The predicted molar refractivity (Wildman–Crippen MR) is 116 cm³/mol. The van der Waals surface area contributed by atoms with E-state index in [9.17, 15) is 9.59 Å². The Hall–Kier alpha value is -3.87. The molecular formula is C23H22N4O3. The Morgan fingerprint density at radius 3 is 2.50 bits per heavy atom. The quantitative estimate of drug-likeness (QED) is 0.538. The second-order valence-corrected chi connectivity index (χ2v) is 6.93. The van der Waals surface area contributed by atoms with Gasteiger partial charge in [0.25, 0.3) is 5.91 Å². The summed E-state index contributed by atoms with van der Waals surface area (Å²) in [6.07, 6.45) is 0. The second kappa shape index (κ2) is 8.24. The molecular weight excluding hydrogens is 380 g/mol. The lowest BCUT2D eigenvalue weighted by Crippen LogP contribution is -2.31. The molecule has 1 amide bonds. The summed E-state index contributed by atoms with van der Waals surface area (Å²) in [7, 11) is 3.28. The van der Waals surface area contributed by atoms with E-state index in [1.165, 1.54) is 9.25 Å². The van der Waals surface area contributed by atoms with Crippen LogP contribution in [0.2, 0.25) is 0 Å². The first-order valence-electron chi connectivity index (χ1n) is 9.62. The highest BCUT2D eigenvalue weighted by Crippen LogP contribution is 2.19. The fraction of sp³-hybridized carbons (Fsp3) is 0.174. The molecule has 4 rings (SSSR count). The zero-order valence-electron chi connectivity index (χ0n) is 16.8. The lowest BCUT2D eigenvalue weighted by atomic mass is 10.1. The Morgan fingerprint density at radius 2 is 1.77 bits per heavy atom. The molecule has 0 atom stereocenters. The number of methoxy groups -OCH3 is 1. The van der Waals surface area contributed by atoms with Gasteiger partial charge in [-0.05, 0) is 47.2 Å². The first kappa shape index (κ1) is 19.4. The first-order valence-corrected chi connectivity index (χ1v) is 9.62. The van der Waals surface area contributed by atoms with Gasteiger partial charge in [-0.15, -0.1) is 5.10 Å². The minimum absolute atomic E-state index is 0.180. The van der Waals surface area contributed by atoms with E-state index >= 15 is 0 Å². The van der Waals surface area contributed by atoms with Gasteiger partial charge in [0.05, 0.1) is 13.7 Å².